The fourth-order valence-electron chi connectivity index (χ4n) is 2.27. The Morgan fingerprint density at radius 2 is 2.17 bits per heavy atom. The Balaban J connectivity index is 2.14. The van der Waals surface area contributed by atoms with Gasteiger partial charge in [0.15, 0.2) is 0 Å². The van der Waals surface area contributed by atoms with Crippen LogP contribution in [-0.4, -0.2) is 29.7 Å². The van der Waals surface area contributed by atoms with Gasteiger partial charge in [-0.2, -0.15) is 11.8 Å². The average Bonchev–Trinajstić information content (AvgIpc) is 2.46. The van der Waals surface area contributed by atoms with E-state index >= 15 is 0 Å². The Labute approximate surface area is 112 Å². The van der Waals surface area contributed by atoms with Gasteiger partial charge in [0, 0.05) is 0 Å². The molecule has 18 heavy (non-hydrogen) atoms. The summed E-state index contributed by atoms with van der Waals surface area (Å²) < 4.78 is 4.69. The fraction of sp³-hybridized carbons (Fsp3) is 0.500. The molecule has 0 amide bonds. The molecule has 1 atom stereocenters. The van der Waals surface area contributed by atoms with E-state index in [0.717, 1.165) is 29.9 Å². The smallest absolute Gasteiger partial charge is 0.337 e. The lowest BCUT2D eigenvalue weighted by atomic mass is 9.90. The molecule has 2 rings (SSSR count). The van der Waals surface area contributed by atoms with Gasteiger partial charge in [-0.1, -0.05) is 12.1 Å². The molecule has 1 saturated heterocycles. The van der Waals surface area contributed by atoms with Gasteiger partial charge < -0.3 is 9.84 Å². The van der Waals surface area contributed by atoms with Gasteiger partial charge in [-0.15, -0.1) is 0 Å². The van der Waals surface area contributed by atoms with Gasteiger partial charge in [-0.25, -0.2) is 4.79 Å². The van der Waals surface area contributed by atoms with E-state index in [1.165, 1.54) is 7.11 Å². The monoisotopic (exact) mass is 266 g/mol. The third-order valence-corrected chi connectivity index (χ3v) is 4.41. The van der Waals surface area contributed by atoms with Gasteiger partial charge in [-0.05, 0) is 48.0 Å². The third-order valence-electron chi connectivity index (χ3n) is 3.36. The molecule has 1 fully saturated rings. The molecule has 0 aliphatic carbocycles. The van der Waals surface area contributed by atoms with Crippen LogP contribution in [0.4, 0.5) is 0 Å². The van der Waals surface area contributed by atoms with Crippen molar-refractivity contribution in [3.8, 4) is 0 Å². The fourth-order valence-corrected chi connectivity index (χ4v) is 3.41. The molecular formula is C14H18O3S. The van der Waals surface area contributed by atoms with Crippen LogP contribution in [0.3, 0.4) is 0 Å². The number of aliphatic hydroxyl groups excluding tert-OH is 1. The quantitative estimate of drug-likeness (QED) is 0.854. The minimum Gasteiger partial charge on any atom is -0.465 e. The topological polar surface area (TPSA) is 46.5 Å². The van der Waals surface area contributed by atoms with Crippen LogP contribution in [0.25, 0.3) is 0 Å². The summed E-state index contributed by atoms with van der Waals surface area (Å²) in [5.74, 6) is 2.17. The molecule has 3 nitrogen and oxygen atoms in total. The van der Waals surface area contributed by atoms with Crippen molar-refractivity contribution in [2.75, 3.05) is 18.6 Å². The minimum atomic E-state index is -0.476. The van der Waals surface area contributed by atoms with Crippen LogP contribution >= 0.6 is 11.8 Å². The van der Waals surface area contributed by atoms with Crippen molar-refractivity contribution in [3.63, 3.8) is 0 Å². The van der Waals surface area contributed by atoms with E-state index in [1.54, 1.807) is 18.2 Å². The zero-order valence-electron chi connectivity index (χ0n) is 10.5. The molecule has 0 radical (unpaired) electrons. The Bertz CT molecular complexity index is 413. The normalized spacial score (nSPS) is 18.3. The predicted octanol–water partition coefficient (Wildman–Crippen LogP) is 2.65. The van der Waals surface area contributed by atoms with Crippen molar-refractivity contribution in [2.45, 2.75) is 18.9 Å². The van der Waals surface area contributed by atoms with Crippen LogP contribution in [-0.2, 0) is 4.74 Å². The number of benzene rings is 1. The second kappa shape index (κ2) is 6.25. The largest absolute Gasteiger partial charge is 0.465 e. The Morgan fingerprint density at radius 3 is 2.83 bits per heavy atom. The van der Waals surface area contributed by atoms with E-state index in [-0.39, 0.29) is 5.97 Å². The van der Waals surface area contributed by atoms with Crippen molar-refractivity contribution in [2.24, 2.45) is 5.92 Å². The first-order valence-corrected chi connectivity index (χ1v) is 7.32. The number of rotatable bonds is 3. The standard InChI is InChI=1S/C14H18O3S/c1-17-14(16)12-4-2-3-11(9-12)13(15)10-5-7-18-8-6-10/h2-4,9-10,13,15H,5-8H2,1H3. The Morgan fingerprint density at radius 1 is 1.44 bits per heavy atom. The molecule has 1 aromatic carbocycles. The molecule has 1 N–H and O–H groups in total. The zero-order chi connectivity index (χ0) is 13.0. The highest BCUT2D eigenvalue weighted by molar-refractivity contribution is 7.99. The molecule has 1 aliphatic rings. The maximum atomic E-state index is 11.5. The van der Waals surface area contributed by atoms with Crippen LogP contribution in [0.2, 0.25) is 0 Å². The first kappa shape index (κ1) is 13.4. The van der Waals surface area contributed by atoms with Crippen molar-refractivity contribution in [1.82, 2.24) is 0 Å². The van der Waals surface area contributed by atoms with Gasteiger partial charge in [0.05, 0.1) is 18.8 Å². The summed E-state index contributed by atoms with van der Waals surface area (Å²) in [6.45, 7) is 0. The molecule has 1 unspecified atom stereocenters. The lowest BCUT2D eigenvalue weighted by molar-refractivity contribution is 0.0599. The van der Waals surface area contributed by atoms with Crippen molar-refractivity contribution in [3.05, 3.63) is 35.4 Å². The summed E-state index contributed by atoms with van der Waals surface area (Å²) in [6, 6.07) is 7.11. The van der Waals surface area contributed by atoms with E-state index < -0.39 is 6.10 Å². The molecule has 0 spiro atoms. The van der Waals surface area contributed by atoms with Crippen LogP contribution in [0, 0.1) is 5.92 Å². The Kier molecular flexibility index (Phi) is 4.66. The van der Waals surface area contributed by atoms with E-state index in [0.29, 0.717) is 11.5 Å². The lowest BCUT2D eigenvalue weighted by Crippen LogP contribution is -2.18. The van der Waals surface area contributed by atoms with Crippen LogP contribution in [0.15, 0.2) is 24.3 Å². The highest BCUT2D eigenvalue weighted by atomic mass is 32.2. The third kappa shape index (κ3) is 3.06. The van der Waals surface area contributed by atoms with Gasteiger partial charge in [-0.3, -0.25) is 0 Å². The highest BCUT2D eigenvalue weighted by Crippen LogP contribution is 2.33. The van der Waals surface area contributed by atoms with E-state index in [1.807, 2.05) is 17.8 Å². The number of hydrogen-bond donors (Lipinski definition) is 1. The van der Waals surface area contributed by atoms with Crippen LogP contribution in [0.1, 0.15) is 34.9 Å². The summed E-state index contributed by atoms with van der Waals surface area (Å²) in [4.78, 5) is 11.5. The average molecular weight is 266 g/mol. The summed E-state index contributed by atoms with van der Waals surface area (Å²) in [7, 11) is 1.36. The maximum Gasteiger partial charge on any atom is 0.337 e. The van der Waals surface area contributed by atoms with E-state index in [4.69, 9.17) is 4.74 Å². The van der Waals surface area contributed by atoms with Crippen molar-refractivity contribution >= 4 is 17.7 Å². The number of aliphatic hydroxyl groups is 1. The molecular weight excluding hydrogens is 248 g/mol. The SMILES string of the molecule is COC(=O)c1cccc(C(O)C2CCSCC2)c1. The zero-order valence-corrected chi connectivity index (χ0v) is 11.3. The number of ether oxygens (including phenoxy) is 1. The second-order valence-electron chi connectivity index (χ2n) is 4.51. The summed E-state index contributed by atoms with van der Waals surface area (Å²) in [5, 5.41) is 10.4. The molecule has 1 heterocycles. The molecule has 0 saturated carbocycles. The van der Waals surface area contributed by atoms with E-state index in [2.05, 4.69) is 0 Å². The van der Waals surface area contributed by atoms with Crippen LogP contribution in [0.5, 0.6) is 0 Å². The maximum absolute atomic E-state index is 11.5. The first-order chi connectivity index (χ1) is 8.72. The molecule has 1 aliphatic heterocycles. The molecule has 1 aromatic rings. The summed E-state index contributed by atoms with van der Waals surface area (Å²) in [5.41, 5.74) is 1.31. The van der Waals surface area contributed by atoms with Gasteiger partial charge >= 0.3 is 5.97 Å². The van der Waals surface area contributed by atoms with Gasteiger partial charge in [0.1, 0.15) is 0 Å². The van der Waals surface area contributed by atoms with Crippen LogP contribution < -0.4 is 0 Å². The van der Waals surface area contributed by atoms with E-state index in [9.17, 15) is 9.90 Å². The number of carbonyl (C=O) groups excluding carboxylic acids is 1. The minimum absolute atomic E-state index is 0.305. The number of thioether (sulfide) groups is 1. The Hall–Kier alpha value is -1.00. The molecule has 4 heteroatoms. The first-order valence-electron chi connectivity index (χ1n) is 6.16. The molecule has 98 valence electrons. The van der Waals surface area contributed by atoms with Gasteiger partial charge in [0.2, 0.25) is 0 Å². The number of carbonyl (C=O) groups is 1. The number of methoxy groups -OCH3 is 1. The highest BCUT2D eigenvalue weighted by Gasteiger charge is 2.23. The van der Waals surface area contributed by atoms with Crippen molar-refractivity contribution < 1.29 is 14.6 Å². The molecule has 0 bridgehead atoms. The van der Waals surface area contributed by atoms with Crippen molar-refractivity contribution in [1.29, 1.82) is 0 Å². The molecule has 0 aromatic heterocycles. The predicted molar refractivity (Wildman–Crippen MR) is 72.8 cm³/mol. The lowest BCUT2D eigenvalue weighted by Gasteiger charge is -2.26. The number of esters is 1. The summed E-state index contributed by atoms with van der Waals surface area (Å²) >= 11 is 1.94. The number of hydrogen-bond acceptors (Lipinski definition) is 4. The second-order valence-corrected chi connectivity index (χ2v) is 5.74. The van der Waals surface area contributed by atoms with Gasteiger partial charge in [0.25, 0.3) is 0 Å². The summed E-state index contributed by atoms with van der Waals surface area (Å²) in [6.07, 6.45) is 1.60.